The number of nitrogens with zero attached hydrogens (tertiary/aromatic N) is 1. The maximum absolute atomic E-state index is 12.1. The van der Waals surface area contributed by atoms with E-state index in [-0.39, 0.29) is 23.7 Å². The fourth-order valence-electron chi connectivity index (χ4n) is 2.60. The number of hydrogen-bond donors (Lipinski definition) is 0. The fourth-order valence-corrected chi connectivity index (χ4v) is 2.60. The third kappa shape index (κ3) is 9.07. The van der Waals surface area contributed by atoms with Gasteiger partial charge in [-0.3, -0.25) is 14.5 Å². The van der Waals surface area contributed by atoms with Crippen LogP contribution in [0.25, 0.3) is 0 Å². The molecule has 1 fully saturated rings. The third-order valence-electron chi connectivity index (χ3n) is 4.11. The molecule has 0 bridgehead atoms. The van der Waals surface area contributed by atoms with Crippen molar-refractivity contribution in [3.05, 3.63) is 0 Å². The molecule has 1 aliphatic rings. The van der Waals surface area contributed by atoms with Crippen molar-refractivity contribution in [2.45, 2.75) is 34.1 Å². The summed E-state index contributed by atoms with van der Waals surface area (Å²) in [7, 11) is 0. The van der Waals surface area contributed by atoms with Crippen molar-refractivity contribution in [2.24, 2.45) is 17.8 Å². The Hall–Kier alpha value is -1.02. The number of imide groups is 1. The molecule has 1 rings (SSSR count). The van der Waals surface area contributed by atoms with Gasteiger partial charge in [-0.25, -0.2) is 0 Å². The van der Waals surface area contributed by atoms with Crippen LogP contribution in [0.3, 0.4) is 0 Å². The summed E-state index contributed by atoms with van der Waals surface area (Å²) in [5.74, 6) is 0.385. The molecule has 7 heteroatoms. The highest BCUT2D eigenvalue weighted by molar-refractivity contribution is 6.03. The van der Waals surface area contributed by atoms with Crippen LogP contribution in [0.4, 0.5) is 0 Å². The SMILES string of the molecule is CC(C)COCCOCCOCCOCCN1C(=O)CC(C(C)C)C1=O. The smallest absolute Gasteiger partial charge is 0.233 e. The fraction of sp³-hybridized carbons (Fsp3) is 0.895. The van der Waals surface area contributed by atoms with E-state index < -0.39 is 0 Å². The van der Waals surface area contributed by atoms with Gasteiger partial charge in [0.1, 0.15) is 0 Å². The highest BCUT2D eigenvalue weighted by atomic mass is 16.6. The topological polar surface area (TPSA) is 74.3 Å². The average Bonchev–Trinajstić information content (AvgIpc) is 2.86. The number of hydrogen-bond acceptors (Lipinski definition) is 6. The van der Waals surface area contributed by atoms with Crippen molar-refractivity contribution in [1.82, 2.24) is 4.90 Å². The molecule has 1 unspecified atom stereocenters. The van der Waals surface area contributed by atoms with Crippen LogP contribution in [-0.4, -0.2) is 76.1 Å². The first-order chi connectivity index (χ1) is 12.4. The van der Waals surface area contributed by atoms with Gasteiger partial charge < -0.3 is 18.9 Å². The van der Waals surface area contributed by atoms with Gasteiger partial charge in [-0.15, -0.1) is 0 Å². The van der Waals surface area contributed by atoms with Gasteiger partial charge in [0.05, 0.1) is 52.8 Å². The molecule has 7 nitrogen and oxygen atoms in total. The Balaban J connectivity index is 1.91. The molecule has 0 spiro atoms. The number of ether oxygens (including phenoxy) is 4. The van der Waals surface area contributed by atoms with Crippen molar-refractivity contribution >= 4 is 11.8 Å². The average molecular weight is 373 g/mol. The van der Waals surface area contributed by atoms with Crippen LogP contribution in [0, 0.1) is 17.8 Å². The standard InChI is InChI=1S/C19H35NO6/c1-15(2)14-26-12-11-25-10-9-24-8-7-23-6-5-20-18(21)13-17(16(3)4)19(20)22/h15-17H,5-14H2,1-4H3. The van der Waals surface area contributed by atoms with Crippen LogP contribution in [0.1, 0.15) is 34.1 Å². The van der Waals surface area contributed by atoms with Crippen LogP contribution in [0.15, 0.2) is 0 Å². The summed E-state index contributed by atoms with van der Waals surface area (Å²) in [4.78, 5) is 25.3. The summed E-state index contributed by atoms with van der Waals surface area (Å²) in [6.07, 6.45) is 0.322. The lowest BCUT2D eigenvalue weighted by molar-refractivity contribution is -0.140. The maximum Gasteiger partial charge on any atom is 0.233 e. The molecule has 2 amide bonds. The van der Waals surface area contributed by atoms with Crippen LogP contribution in [-0.2, 0) is 28.5 Å². The van der Waals surface area contributed by atoms with Gasteiger partial charge in [0, 0.05) is 18.9 Å². The van der Waals surface area contributed by atoms with E-state index in [2.05, 4.69) is 13.8 Å². The summed E-state index contributed by atoms with van der Waals surface area (Å²) in [5.41, 5.74) is 0. The number of carbonyl (C=O) groups excluding carboxylic acids is 2. The molecule has 0 aromatic rings. The van der Waals surface area contributed by atoms with Crippen molar-refractivity contribution in [3.8, 4) is 0 Å². The van der Waals surface area contributed by atoms with Crippen LogP contribution < -0.4 is 0 Å². The summed E-state index contributed by atoms with van der Waals surface area (Å²) in [6, 6.07) is 0. The zero-order valence-corrected chi connectivity index (χ0v) is 16.7. The zero-order chi connectivity index (χ0) is 19.4. The van der Waals surface area contributed by atoms with Gasteiger partial charge in [-0.1, -0.05) is 27.7 Å². The Bertz CT molecular complexity index is 413. The second-order valence-corrected chi connectivity index (χ2v) is 7.24. The first-order valence-electron chi connectivity index (χ1n) is 9.58. The minimum absolute atomic E-state index is 0.0700. The molecular weight excluding hydrogens is 338 g/mol. The van der Waals surface area contributed by atoms with E-state index in [9.17, 15) is 9.59 Å². The molecule has 26 heavy (non-hydrogen) atoms. The predicted octanol–water partition coefficient (Wildman–Crippen LogP) is 1.74. The first kappa shape index (κ1) is 23.0. The second-order valence-electron chi connectivity index (χ2n) is 7.24. The highest BCUT2D eigenvalue weighted by Crippen LogP contribution is 2.25. The molecule has 1 heterocycles. The third-order valence-corrected chi connectivity index (χ3v) is 4.11. The maximum atomic E-state index is 12.1. The minimum atomic E-state index is -0.179. The first-order valence-corrected chi connectivity index (χ1v) is 9.58. The lowest BCUT2D eigenvalue weighted by atomic mass is 9.94. The molecule has 0 N–H and O–H groups in total. The van der Waals surface area contributed by atoms with Crippen LogP contribution in [0.2, 0.25) is 0 Å². The van der Waals surface area contributed by atoms with Gasteiger partial charge in [0.2, 0.25) is 11.8 Å². The molecule has 0 aromatic carbocycles. The summed E-state index contributed by atoms with van der Waals surface area (Å²) < 4.78 is 21.6. The van der Waals surface area contributed by atoms with E-state index in [0.29, 0.717) is 65.1 Å². The van der Waals surface area contributed by atoms with Crippen molar-refractivity contribution < 1.29 is 28.5 Å². The Labute approximate surface area is 157 Å². The molecule has 1 atom stereocenters. The Morgan fingerprint density at radius 1 is 0.846 bits per heavy atom. The summed E-state index contributed by atoms with van der Waals surface area (Å²) in [5, 5.41) is 0. The molecule has 0 radical (unpaired) electrons. The molecule has 0 saturated carbocycles. The lowest BCUT2D eigenvalue weighted by Gasteiger charge is -2.16. The normalized spacial score (nSPS) is 17.9. The van der Waals surface area contributed by atoms with Gasteiger partial charge in [-0.05, 0) is 11.8 Å². The molecule has 0 aromatic heterocycles. The minimum Gasteiger partial charge on any atom is -0.379 e. The van der Waals surface area contributed by atoms with Crippen LogP contribution >= 0.6 is 0 Å². The molecular formula is C19H35NO6. The van der Waals surface area contributed by atoms with Crippen LogP contribution in [0.5, 0.6) is 0 Å². The Kier molecular flexibility index (Phi) is 11.7. The van der Waals surface area contributed by atoms with Gasteiger partial charge >= 0.3 is 0 Å². The van der Waals surface area contributed by atoms with E-state index >= 15 is 0 Å². The zero-order valence-electron chi connectivity index (χ0n) is 16.7. The van der Waals surface area contributed by atoms with Gasteiger partial charge in [0.15, 0.2) is 0 Å². The predicted molar refractivity (Wildman–Crippen MR) is 97.8 cm³/mol. The van der Waals surface area contributed by atoms with E-state index in [0.717, 1.165) is 6.61 Å². The monoisotopic (exact) mass is 373 g/mol. The summed E-state index contributed by atoms with van der Waals surface area (Å²) in [6.45, 7) is 12.7. The largest absolute Gasteiger partial charge is 0.379 e. The van der Waals surface area contributed by atoms with Gasteiger partial charge in [0.25, 0.3) is 0 Å². The lowest BCUT2D eigenvalue weighted by Crippen LogP contribution is -2.34. The highest BCUT2D eigenvalue weighted by Gasteiger charge is 2.39. The molecule has 1 aliphatic heterocycles. The summed E-state index contributed by atoms with van der Waals surface area (Å²) >= 11 is 0. The van der Waals surface area contributed by atoms with E-state index in [1.54, 1.807) is 0 Å². The van der Waals surface area contributed by atoms with Crippen molar-refractivity contribution in [3.63, 3.8) is 0 Å². The van der Waals surface area contributed by atoms with Crippen molar-refractivity contribution in [2.75, 3.05) is 59.4 Å². The van der Waals surface area contributed by atoms with Gasteiger partial charge in [-0.2, -0.15) is 0 Å². The van der Waals surface area contributed by atoms with E-state index in [1.807, 2.05) is 13.8 Å². The quantitative estimate of drug-likeness (QED) is 0.322. The Morgan fingerprint density at radius 3 is 1.81 bits per heavy atom. The number of rotatable bonds is 15. The molecule has 0 aliphatic carbocycles. The molecule has 152 valence electrons. The number of likely N-dealkylation sites (tertiary alicyclic amines) is 1. The van der Waals surface area contributed by atoms with E-state index in [4.69, 9.17) is 18.9 Å². The molecule has 1 saturated heterocycles. The second kappa shape index (κ2) is 13.2. The number of carbonyl (C=O) groups is 2. The van der Waals surface area contributed by atoms with E-state index in [1.165, 1.54) is 4.90 Å². The number of amides is 2. The van der Waals surface area contributed by atoms with Crippen molar-refractivity contribution in [1.29, 1.82) is 0 Å². The Morgan fingerprint density at radius 2 is 1.35 bits per heavy atom.